The molecular formula is C17H15N3O3. The van der Waals surface area contributed by atoms with E-state index in [-0.39, 0.29) is 5.69 Å². The van der Waals surface area contributed by atoms with Gasteiger partial charge in [0.2, 0.25) is 0 Å². The molecule has 0 bridgehead atoms. The van der Waals surface area contributed by atoms with Crippen LogP contribution in [-0.2, 0) is 0 Å². The lowest BCUT2D eigenvalue weighted by Gasteiger charge is -2.10. The van der Waals surface area contributed by atoms with Crippen LogP contribution < -0.4 is 10.1 Å². The molecular weight excluding hydrogens is 294 g/mol. The van der Waals surface area contributed by atoms with E-state index in [1.807, 2.05) is 30.3 Å². The van der Waals surface area contributed by atoms with Gasteiger partial charge >= 0.3 is 0 Å². The Hall–Kier alpha value is -3.15. The molecule has 0 amide bonds. The highest BCUT2D eigenvalue weighted by atomic mass is 16.6. The lowest BCUT2D eigenvalue weighted by Crippen LogP contribution is -2.11. The van der Waals surface area contributed by atoms with Crippen molar-refractivity contribution in [1.29, 1.82) is 0 Å². The van der Waals surface area contributed by atoms with E-state index in [1.165, 1.54) is 12.1 Å². The lowest BCUT2D eigenvalue weighted by molar-refractivity contribution is -0.384. The van der Waals surface area contributed by atoms with Gasteiger partial charge in [-0.15, -0.1) is 0 Å². The third-order valence-corrected chi connectivity index (χ3v) is 3.36. The summed E-state index contributed by atoms with van der Waals surface area (Å²) >= 11 is 0. The van der Waals surface area contributed by atoms with Crippen molar-refractivity contribution in [3.05, 3.63) is 70.9 Å². The molecule has 0 fully saturated rings. The number of nitro groups is 1. The van der Waals surface area contributed by atoms with Crippen LogP contribution in [0.4, 0.5) is 11.4 Å². The summed E-state index contributed by atoms with van der Waals surface area (Å²) in [4.78, 5) is 14.5. The summed E-state index contributed by atoms with van der Waals surface area (Å²) in [6.07, 6.45) is 1.74. The first-order valence-electron chi connectivity index (χ1n) is 7.19. The average molecular weight is 309 g/mol. The van der Waals surface area contributed by atoms with Crippen LogP contribution >= 0.6 is 0 Å². The minimum atomic E-state index is -0.416. The Labute approximate surface area is 132 Å². The van der Waals surface area contributed by atoms with E-state index in [0.717, 1.165) is 22.3 Å². The maximum absolute atomic E-state index is 10.6. The third-order valence-electron chi connectivity index (χ3n) is 3.36. The number of pyridine rings is 1. The topological polar surface area (TPSA) is 77.3 Å². The number of non-ortho nitro benzene ring substituents is 1. The van der Waals surface area contributed by atoms with Gasteiger partial charge in [-0.2, -0.15) is 0 Å². The summed E-state index contributed by atoms with van der Waals surface area (Å²) in [5.41, 5.74) is 1.73. The van der Waals surface area contributed by atoms with Gasteiger partial charge in [0.1, 0.15) is 17.9 Å². The Balaban J connectivity index is 1.56. The van der Waals surface area contributed by atoms with Gasteiger partial charge in [-0.3, -0.25) is 15.1 Å². The van der Waals surface area contributed by atoms with Crippen molar-refractivity contribution >= 4 is 22.3 Å². The Morgan fingerprint density at radius 2 is 1.87 bits per heavy atom. The second-order valence-electron chi connectivity index (χ2n) is 4.91. The molecule has 3 rings (SSSR count). The van der Waals surface area contributed by atoms with Gasteiger partial charge in [0, 0.05) is 35.9 Å². The Bertz CT molecular complexity index is 813. The fraction of sp³-hybridized carbons (Fsp3) is 0.118. The molecule has 0 unspecified atom stereocenters. The monoisotopic (exact) mass is 309 g/mol. The van der Waals surface area contributed by atoms with E-state index in [1.54, 1.807) is 18.3 Å². The molecule has 3 aromatic rings. The molecule has 6 nitrogen and oxygen atoms in total. The molecule has 0 saturated carbocycles. The van der Waals surface area contributed by atoms with Crippen LogP contribution in [0.2, 0.25) is 0 Å². The molecule has 116 valence electrons. The maximum Gasteiger partial charge on any atom is 0.269 e. The van der Waals surface area contributed by atoms with Crippen molar-refractivity contribution < 1.29 is 9.66 Å². The molecule has 0 aliphatic carbocycles. The molecule has 0 aliphatic rings. The summed E-state index contributed by atoms with van der Waals surface area (Å²) in [6.45, 7) is 1.05. The number of fused-ring (bicyclic) bond motifs is 1. The molecule has 1 heterocycles. The van der Waals surface area contributed by atoms with Crippen LogP contribution in [0.5, 0.6) is 5.75 Å². The van der Waals surface area contributed by atoms with Gasteiger partial charge in [0.15, 0.2) is 0 Å². The van der Waals surface area contributed by atoms with E-state index in [2.05, 4.69) is 10.3 Å². The second kappa shape index (κ2) is 6.74. The van der Waals surface area contributed by atoms with Crippen LogP contribution in [0.25, 0.3) is 10.9 Å². The number of anilines is 1. The molecule has 0 aliphatic heterocycles. The Kier molecular flexibility index (Phi) is 4.33. The SMILES string of the molecule is O=[N+]([O-])c1ccc(NCCOc2cccc3cccnc23)cc1. The highest BCUT2D eigenvalue weighted by Crippen LogP contribution is 2.22. The van der Waals surface area contributed by atoms with Crippen LogP contribution in [0.15, 0.2) is 60.8 Å². The van der Waals surface area contributed by atoms with Crippen molar-refractivity contribution in [2.75, 3.05) is 18.5 Å². The zero-order chi connectivity index (χ0) is 16.1. The van der Waals surface area contributed by atoms with Crippen molar-refractivity contribution in [1.82, 2.24) is 4.98 Å². The summed E-state index contributed by atoms with van der Waals surface area (Å²) in [5, 5.41) is 14.8. The van der Waals surface area contributed by atoms with Crippen molar-refractivity contribution in [3.63, 3.8) is 0 Å². The van der Waals surface area contributed by atoms with E-state index >= 15 is 0 Å². The smallest absolute Gasteiger partial charge is 0.269 e. The van der Waals surface area contributed by atoms with Crippen LogP contribution in [0, 0.1) is 10.1 Å². The number of ether oxygens (including phenoxy) is 1. The van der Waals surface area contributed by atoms with Crippen molar-refractivity contribution in [2.24, 2.45) is 0 Å². The van der Waals surface area contributed by atoms with Crippen LogP contribution in [-0.4, -0.2) is 23.1 Å². The highest BCUT2D eigenvalue weighted by Gasteiger charge is 2.04. The molecule has 1 aromatic heterocycles. The zero-order valence-corrected chi connectivity index (χ0v) is 12.3. The number of rotatable bonds is 6. The first-order valence-corrected chi connectivity index (χ1v) is 7.19. The van der Waals surface area contributed by atoms with Gasteiger partial charge < -0.3 is 10.1 Å². The number of nitro benzene ring substituents is 1. The minimum absolute atomic E-state index is 0.0774. The van der Waals surface area contributed by atoms with E-state index in [4.69, 9.17) is 4.74 Å². The molecule has 2 aromatic carbocycles. The number of nitrogens with zero attached hydrogens (tertiary/aromatic N) is 2. The van der Waals surface area contributed by atoms with E-state index in [0.29, 0.717) is 13.2 Å². The number of nitrogens with one attached hydrogen (secondary N) is 1. The van der Waals surface area contributed by atoms with Gasteiger partial charge in [0.25, 0.3) is 5.69 Å². The van der Waals surface area contributed by atoms with Gasteiger partial charge in [-0.25, -0.2) is 0 Å². The first-order chi connectivity index (χ1) is 11.2. The molecule has 0 atom stereocenters. The summed E-state index contributed by atoms with van der Waals surface area (Å²) in [5.74, 6) is 0.744. The lowest BCUT2D eigenvalue weighted by atomic mass is 10.2. The molecule has 0 spiro atoms. The summed E-state index contributed by atoms with van der Waals surface area (Å²) < 4.78 is 5.77. The predicted molar refractivity (Wildman–Crippen MR) is 88.8 cm³/mol. The third kappa shape index (κ3) is 3.55. The standard InChI is InChI=1S/C17H15N3O3/c21-20(22)15-8-6-14(7-9-15)18-11-12-23-16-5-1-3-13-4-2-10-19-17(13)16/h1-10,18H,11-12H2. The van der Waals surface area contributed by atoms with Crippen molar-refractivity contribution in [2.45, 2.75) is 0 Å². The number of hydrogen-bond donors (Lipinski definition) is 1. The average Bonchev–Trinajstić information content (AvgIpc) is 2.59. The van der Waals surface area contributed by atoms with Gasteiger partial charge in [0.05, 0.1) is 4.92 Å². The molecule has 1 N–H and O–H groups in total. The largest absolute Gasteiger partial charge is 0.489 e. The van der Waals surface area contributed by atoms with Crippen LogP contribution in [0.3, 0.4) is 0 Å². The van der Waals surface area contributed by atoms with E-state index in [9.17, 15) is 10.1 Å². The predicted octanol–water partition coefficient (Wildman–Crippen LogP) is 3.63. The molecule has 0 radical (unpaired) electrons. The fourth-order valence-corrected chi connectivity index (χ4v) is 2.25. The second-order valence-corrected chi connectivity index (χ2v) is 4.91. The van der Waals surface area contributed by atoms with E-state index < -0.39 is 4.92 Å². The van der Waals surface area contributed by atoms with Crippen LogP contribution in [0.1, 0.15) is 0 Å². The normalized spacial score (nSPS) is 10.4. The van der Waals surface area contributed by atoms with Crippen molar-refractivity contribution in [3.8, 4) is 5.75 Å². The Morgan fingerprint density at radius 3 is 2.65 bits per heavy atom. The minimum Gasteiger partial charge on any atom is -0.489 e. The quantitative estimate of drug-likeness (QED) is 0.427. The number of hydrogen-bond acceptors (Lipinski definition) is 5. The Morgan fingerprint density at radius 1 is 1.09 bits per heavy atom. The molecule has 6 heteroatoms. The number of aromatic nitrogens is 1. The highest BCUT2D eigenvalue weighted by molar-refractivity contribution is 5.84. The first kappa shape index (κ1) is 14.8. The number of para-hydroxylation sites is 1. The molecule has 23 heavy (non-hydrogen) atoms. The zero-order valence-electron chi connectivity index (χ0n) is 12.3. The fourth-order valence-electron chi connectivity index (χ4n) is 2.25. The maximum atomic E-state index is 10.6. The summed E-state index contributed by atoms with van der Waals surface area (Å²) in [6, 6.07) is 16.0. The van der Waals surface area contributed by atoms with Gasteiger partial charge in [-0.1, -0.05) is 18.2 Å². The number of benzene rings is 2. The molecule has 0 saturated heterocycles. The summed E-state index contributed by atoms with van der Waals surface area (Å²) in [7, 11) is 0. The van der Waals surface area contributed by atoms with Gasteiger partial charge in [-0.05, 0) is 24.3 Å².